The molecular formula is C40H33ClFN3O6. The SMILES string of the molecule is COc1cc([C@H]2C3=CC[C@@H]4C(=O)N(c5ccc(Nc6ccccc6)cc5)C(=O)[C@@H]4[C@@H]3C[C@H]3C(=O)N(c4ccc(F)c(Cl)c4)C(=O)[C@@]23C)ccc1O. The lowest BCUT2D eigenvalue weighted by atomic mass is 9.51. The molecule has 6 atom stereocenters. The number of phenols is 1. The van der Waals surface area contributed by atoms with Gasteiger partial charge in [0.1, 0.15) is 5.82 Å². The molecule has 4 aromatic rings. The molecule has 0 bridgehead atoms. The fraction of sp³-hybridized carbons (Fsp3) is 0.250. The molecule has 9 nitrogen and oxygen atoms in total. The summed E-state index contributed by atoms with van der Waals surface area (Å²) >= 11 is 6.10. The van der Waals surface area contributed by atoms with E-state index in [-0.39, 0.29) is 46.9 Å². The standard InChI is InChI=1S/C40H33ClFN3O6/c1-40-29(37(48)45(39(40)50)25-13-16-31(42)30(41)19-25)20-28-26(35(40)21-8-17-32(46)33(18-21)51-2)14-15-27-34(28)38(49)44(36(27)47)24-11-9-23(10-12-24)43-22-6-4-3-5-7-22/h3-14,16-19,27-29,34-35,43,46H,15,20H2,1-2H3/t27-,28+,29-,34-,35-,40+/m0/s1. The van der Waals surface area contributed by atoms with E-state index in [0.29, 0.717) is 11.3 Å². The molecule has 0 aromatic heterocycles. The third-order valence-corrected chi connectivity index (χ3v) is 11.5. The molecule has 0 unspecified atom stereocenters. The van der Waals surface area contributed by atoms with E-state index in [0.717, 1.165) is 27.9 Å². The number of phenolic OH excluding ortho intramolecular Hbond substituents is 1. The van der Waals surface area contributed by atoms with Crippen molar-refractivity contribution in [3.63, 3.8) is 0 Å². The Balaban J connectivity index is 1.19. The lowest BCUT2D eigenvalue weighted by Gasteiger charge is -2.49. The monoisotopic (exact) mass is 705 g/mol. The van der Waals surface area contributed by atoms with Crippen molar-refractivity contribution in [3.05, 3.63) is 119 Å². The number of halogens is 2. The Bertz CT molecular complexity index is 2160. The first-order valence-electron chi connectivity index (χ1n) is 16.7. The number of benzene rings is 4. The predicted octanol–water partition coefficient (Wildman–Crippen LogP) is 7.37. The van der Waals surface area contributed by atoms with Crippen molar-refractivity contribution in [2.45, 2.75) is 25.7 Å². The number of rotatable bonds is 6. The minimum atomic E-state index is -1.33. The number of nitrogens with one attached hydrogen (secondary N) is 1. The molecule has 0 radical (unpaired) electrons. The number of fused-ring (bicyclic) bond motifs is 4. The van der Waals surface area contributed by atoms with Crippen LogP contribution < -0.4 is 19.9 Å². The summed E-state index contributed by atoms with van der Waals surface area (Å²) in [7, 11) is 1.42. The molecule has 0 spiro atoms. The van der Waals surface area contributed by atoms with Gasteiger partial charge in [0, 0.05) is 17.3 Å². The zero-order valence-electron chi connectivity index (χ0n) is 27.7. The van der Waals surface area contributed by atoms with Gasteiger partial charge in [-0.05, 0) is 98.0 Å². The third-order valence-electron chi connectivity index (χ3n) is 11.2. The van der Waals surface area contributed by atoms with Crippen LogP contribution in [0.4, 0.5) is 27.1 Å². The maximum Gasteiger partial charge on any atom is 0.241 e. The normalized spacial score (nSPS) is 26.8. The average Bonchev–Trinajstić information content (AvgIpc) is 3.50. The van der Waals surface area contributed by atoms with Gasteiger partial charge < -0.3 is 15.2 Å². The van der Waals surface area contributed by atoms with Gasteiger partial charge in [-0.15, -0.1) is 0 Å². The second kappa shape index (κ2) is 12.1. The van der Waals surface area contributed by atoms with E-state index in [1.165, 1.54) is 30.2 Å². The largest absolute Gasteiger partial charge is 0.504 e. The van der Waals surface area contributed by atoms with Crippen molar-refractivity contribution in [2.75, 3.05) is 22.2 Å². The van der Waals surface area contributed by atoms with Crippen molar-refractivity contribution in [1.29, 1.82) is 0 Å². The second-order valence-electron chi connectivity index (χ2n) is 13.7. The van der Waals surface area contributed by atoms with Crippen LogP contribution >= 0.6 is 11.6 Å². The first kappa shape index (κ1) is 32.7. The smallest absolute Gasteiger partial charge is 0.241 e. The molecule has 4 aliphatic rings. The summed E-state index contributed by atoms with van der Waals surface area (Å²) in [5.41, 5.74) is 2.35. The number of carbonyl (C=O) groups excluding carboxylic acids is 4. The Morgan fingerprint density at radius 2 is 1.55 bits per heavy atom. The number of hydrogen-bond acceptors (Lipinski definition) is 7. The number of methoxy groups -OCH3 is 1. The maximum atomic E-state index is 14.6. The average molecular weight is 706 g/mol. The molecular weight excluding hydrogens is 673 g/mol. The van der Waals surface area contributed by atoms with E-state index in [9.17, 15) is 28.7 Å². The van der Waals surface area contributed by atoms with Crippen molar-refractivity contribution < 1.29 is 33.4 Å². The Morgan fingerprint density at radius 3 is 2.25 bits per heavy atom. The summed E-state index contributed by atoms with van der Waals surface area (Å²) in [5, 5.41) is 13.5. The Hall–Kier alpha value is -5.48. The molecule has 1 saturated carbocycles. The molecule has 2 N–H and O–H groups in total. The zero-order chi connectivity index (χ0) is 35.8. The molecule has 8 rings (SSSR count). The fourth-order valence-corrected chi connectivity index (χ4v) is 8.95. The van der Waals surface area contributed by atoms with Crippen molar-refractivity contribution in [3.8, 4) is 11.5 Å². The molecule has 2 aliphatic heterocycles. The van der Waals surface area contributed by atoms with Crippen LogP contribution in [0.3, 0.4) is 0 Å². The van der Waals surface area contributed by atoms with E-state index in [2.05, 4.69) is 5.32 Å². The van der Waals surface area contributed by atoms with E-state index in [4.69, 9.17) is 16.3 Å². The molecule has 11 heteroatoms. The highest BCUT2D eigenvalue weighted by Crippen LogP contribution is 2.64. The molecule has 2 aliphatic carbocycles. The van der Waals surface area contributed by atoms with E-state index < -0.39 is 52.6 Å². The first-order valence-corrected chi connectivity index (χ1v) is 17.1. The third kappa shape index (κ3) is 4.95. The lowest BCUT2D eigenvalue weighted by molar-refractivity contribution is -0.131. The number of carbonyl (C=O) groups is 4. The number of para-hydroxylation sites is 1. The van der Waals surface area contributed by atoms with Gasteiger partial charge in [0.25, 0.3) is 0 Å². The van der Waals surface area contributed by atoms with Gasteiger partial charge in [0.2, 0.25) is 23.6 Å². The van der Waals surface area contributed by atoms with Gasteiger partial charge in [-0.3, -0.25) is 24.1 Å². The number of ether oxygens (including phenoxy) is 1. The number of anilines is 4. The minimum Gasteiger partial charge on any atom is -0.504 e. The lowest BCUT2D eigenvalue weighted by Crippen LogP contribution is -2.48. The van der Waals surface area contributed by atoms with Crippen LogP contribution in [0.25, 0.3) is 0 Å². The van der Waals surface area contributed by atoms with Crippen LogP contribution in [0, 0.1) is 34.9 Å². The number of nitrogens with zero attached hydrogens (tertiary/aromatic N) is 2. The van der Waals surface area contributed by atoms with Crippen molar-refractivity contribution >= 4 is 58.0 Å². The van der Waals surface area contributed by atoms with Crippen molar-refractivity contribution in [1.82, 2.24) is 0 Å². The van der Waals surface area contributed by atoms with Gasteiger partial charge in [-0.2, -0.15) is 0 Å². The highest BCUT2D eigenvalue weighted by Gasteiger charge is 2.67. The van der Waals surface area contributed by atoms with Gasteiger partial charge in [-0.1, -0.05) is 47.5 Å². The van der Waals surface area contributed by atoms with Gasteiger partial charge >= 0.3 is 0 Å². The molecule has 4 aromatic carbocycles. The van der Waals surface area contributed by atoms with Crippen LogP contribution in [0.2, 0.25) is 5.02 Å². The molecule has 258 valence electrons. The van der Waals surface area contributed by atoms with Crippen LogP contribution in [0.15, 0.2) is 103 Å². The summed E-state index contributed by atoms with van der Waals surface area (Å²) in [4.78, 5) is 59.8. The summed E-state index contributed by atoms with van der Waals surface area (Å²) in [6.45, 7) is 1.75. The van der Waals surface area contributed by atoms with Gasteiger partial charge in [-0.25, -0.2) is 9.29 Å². The van der Waals surface area contributed by atoms with E-state index in [1.54, 1.807) is 31.2 Å². The number of hydrogen-bond donors (Lipinski definition) is 2. The molecule has 4 amide bonds. The summed E-state index contributed by atoms with van der Waals surface area (Å²) in [6, 6.07) is 25.3. The molecule has 2 heterocycles. The van der Waals surface area contributed by atoms with Gasteiger partial charge in [0.15, 0.2) is 11.5 Å². The van der Waals surface area contributed by atoms with Crippen molar-refractivity contribution in [2.24, 2.45) is 29.1 Å². The molecule has 51 heavy (non-hydrogen) atoms. The molecule has 2 saturated heterocycles. The van der Waals surface area contributed by atoms with Crippen LogP contribution in [0.1, 0.15) is 31.2 Å². The predicted molar refractivity (Wildman–Crippen MR) is 189 cm³/mol. The summed E-state index contributed by atoms with van der Waals surface area (Å²) in [5.74, 6) is -5.78. The number of amides is 4. The van der Waals surface area contributed by atoms with E-state index in [1.807, 2.05) is 48.5 Å². The fourth-order valence-electron chi connectivity index (χ4n) is 8.78. The van der Waals surface area contributed by atoms with Crippen LogP contribution in [-0.2, 0) is 19.2 Å². The van der Waals surface area contributed by atoms with Crippen LogP contribution in [0.5, 0.6) is 11.5 Å². The minimum absolute atomic E-state index is 0.0957. The second-order valence-corrected chi connectivity index (χ2v) is 14.1. The topological polar surface area (TPSA) is 116 Å². The summed E-state index contributed by atoms with van der Waals surface area (Å²) < 4.78 is 19.6. The summed E-state index contributed by atoms with van der Waals surface area (Å²) in [6.07, 6.45) is 2.38. The Labute approximate surface area is 298 Å². The highest BCUT2D eigenvalue weighted by atomic mass is 35.5. The number of allylic oxidation sites excluding steroid dienone is 2. The van der Waals surface area contributed by atoms with E-state index >= 15 is 0 Å². The highest BCUT2D eigenvalue weighted by molar-refractivity contribution is 6.32. The number of aromatic hydroxyl groups is 1. The molecule has 3 fully saturated rings. The maximum absolute atomic E-state index is 14.6. The Morgan fingerprint density at radius 1 is 0.843 bits per heavy atom. The number of imide groups is 2. The van der Waals surface area contributed by atoms with Gasteiger partial charge in [0.05, 0.1) is 46.7 Å². The van der Waals surface area contributed by atoms with Crippen LogP contribution in [-0.4, -0.2) is 35.8 Å². The quantitative estimate of drug-likeness (QED) is 0.159. The Kier molecular flexibility index (Phi) is 7.75. The zero-order valence-corrected chi connectivity index (χ0v) is 28.4. The first-order chi connectivity index (χ1) is 24.5.